The van der Waals surface area contributed by atoms with Gasteiger partial charge in [-0.25, -0.2) is 8.78 Å². The topological polar surface area (TPSA) is 128 Å². The van der Waals surface area contributed by atoms with E-state index in [0.29, 0.717) is 17.0 Å². The number of ether oxygens (including phenoxy) is 1. The first kappa shape index (κ1) is 32.9. The van der Waals surface area contributed by atoms with Gasteiger partial charge in [-0.05, 0) is 65.6 Å². The number of anilines is 1. The van der Waals surface area contributed by atoms with Gasteiger partial charge >= 0.3 is 0 Å². The number of halogens is 2. The van der Waals surface area contributed by atoms with Crippen molar-refractivity contribution in [2.45, 2.75) is 37.3 Å². The number of thioether (sulfide) groups is 1. The molecule has 4 N–H and O–H groups in total. The minimum atomic E-state index is -0.910. The zero-order chi connectivity index (χ0) is 31.8. The lowest BCUT2D eigenvalue weighted by Crippen LogP contribution is -2.57. The van der Waals surface area contributed by atoms with Crippen LogP contribution >= 0.6 is 11.8 Å². The molecule has 3 amide bonds. The van der Waals surface area contributed by atoms with Crippen LogP contribution in [0, 0.1) is 17.6 Å². The summed E-state index contributed by atoms with van der Waals surface area (Å²) in [7, 11) is 0. The average Bonchev–Trinajstić information content (AvgIpc) is 3.01. The molecule has 234 valence electrons. The minimum Gasteiger partial charge on any atom is -0.484 e. The van der Waals surface area contributed by atoms with E-state index in [4.69, 9.17) is 9.84 Å². The predicted octanol–water partition coefficient (Wildman–Crippen LogP) is 3.52. The van der Waals surface area contributed by atoms with Gasteiger partial charge in [0.2, 0.25) is 11.8 Å². The summed E-state index contributed by atoms with van der Waals surface area (Å²) in [4.78, 5) is 39.7. The molecule has 12 heteroatoms. The Hall–Kier alpha value is -4.00. The van der Waals surface area contributed by atoms with Crippen molar-refractivity contribution in [3.05, 3.63) is 95.6 Å². The summed E-state index contributed by atoms with van der Waals surface area (Å²) < 4.78 is 32.5. The number of hydrogen-bond acceptors (Lipinski definition) is 7. The summed E-state index contributed by atoms with van der Waals surface area (Å²) in [6, 6.07) is 16.8. The summed E-state index contributed by atoms with van der Waals surface area (Å²) in [5.41, 5.74) is 1.82. The summed E-state index contributed by atoms with van der Waals surface area (Å²) in [5, 5.41) is 24.2. The van der Waals surface area contributed by atoms with Crippen molar-refractivity contribution in [3.63, 3.8) is 0 Å². The van der Waals surface area contributed by atoms with Gasteiger partial charge in [-0.1, -0.05) is 38.1 Å². The molecule has 1 saturated heterocycles. The molecular formula is C32H35F2N3O6S. The highest BCUT2D eigenvalue weighted by Gasteiger charge is 2.49. The van der Waals surface area contributed by atoms with Gasteiger partial charge in [0, 0.05) is 18.0 Å². The van der Waals surface area contributed by atoms with E-state index in [-0.39, 0.29) is 37.3 Å². The van der Waals surface area contributed by atoms with Crippen LogP contribution in [0.3, 0.4) is 0 Å². The first-order chi connectivity index (χ1) is 21.1. The minimum absolute atomic E-state index is 0.0835. The second-order valence-electron chi connectivity index (χ2n) is 10.6. The van der Waals surface area contributed by atoms with Gasteiger partial charge < -0.3 is 30.5 Å². The summed E-state index contributed by atoms with van der Waals surface area (Å²) in [5.74, 6) is -1.52. The van der Waals surface area contributed by atoms with Crippen molar-refractivity contribution in [3.8, 4) is 5.75 Å². The van der Waals surface area contributed by atoms with Crippen molar-refractivity contribution in [2.24, 2.45) is 5.92 Å². The monoisotopic (exact) mass is 627 g/mol. The van der Waals surface area contributed by atoms with Crippen LogP contribution in [0.2, 0.25) is 0 Å². The lowest BCUT2D eigenvalue weighted by Gasteiger charge is -2.47. The highest BCUT2D eigenvalue weighted by Crippen LogP contribution is 2.46. The van der Waals surface area contributed by atoms with E-state index in [2.05, 4.69) is 10.6 Å². The van der Waals surface area contributed by atoms with E-state index in [9.17, 15) is 28.3 Å². The van der Waals surface area contributed by atoms with E-state index in [1.165, 1.54) is 60.3 Å². The van der Waals surface area contributed by atoms with Gasteiger partial charge in [-0.3, -0.25) is 14.4 Å². The third-order valence-electron chi connectivity index (χ3n) is 7.11. The van der Waals surface area contributed by atoms with Crippen LogP contribution in [0.25, 0.3) is 0 Å². The second-order valence-corrected chi connectivity index (χ2v) is 11.8. The lowest BCUT2D eigenvalue weighted by atomic mass is 9.92. The number of β-lactam (4-membered cyclic amide) rings is 1. The number of carbonyl (C=O) groups is 3. The fourth-order valence-electron chi connectivity index (χ4n) is 4.76. The summed E-state index contributed by atoms with van der Waals surface area (Å²) in [6.07, 6.45) is -0.910. The standard InChI is InChI=1S/C32H35F2N3O6S/c1-19(2)28(31(41)35-15-16-38)36-27(40)17-43-25-13-5-21(6-14-25)29-30(32(42)37(29)24-11-9-23(34)10-12-24)44-18-26(39)20-3-7-22(33)8-4-20/h3-14,19,26,28-30,38-39H,15-18H2,1-2H3,(H,35,41)(H,36,40)/t26?,28-,29-,30-/m1/s1. The molecule has 4 atom stereocenters. The molecule has 1 unspecified atom stereocenters. The Morgan fingerprint density at radius 3 is 2.18 bits per heavy atom. The van der Waals surface area contributed by atoms with Crippen molar-refractivity contribution in [1.29, 1.82) is 0 Å². The first-order valence-electron chi connectivity index (χ1n) is 14.1. The Kier molecular flexibility index (Phi) is 11.3. The molecule has 44 heavy (non-hydrogen) atoms. The molecule has 9 nitrogen and oxygen atoms in total. The normalized spacial score (nSPS) is 17.5. The maximum absolute atomic E-state index is 13.6. The number of aliphatic hydroxyl groups excluding tert-OH is 2. The molecule has 0 aliphatic carbocycles. The van der Waals surface area contributed by atoms with Gasteiger partial charge in [-0.2, -0.15) is 0 Å². The number of hydrogen-bond donors (Lipinski definition) is 4. The van der Waals surface area contributed by atoms with Gasteiger partial charge in [-0.15, -0.1) is 11.8 Å². The fourth-order valence-corrected chi connectivity index (χ4v) is 6.06. The smallest absolute Gasteiger partial charge is 0.258 e. The number of benzene rings is 3. The Morgan fingerprint density at radius 2 is 1.59 bits per heavy atom. The van der Waals surface area contributed by atoms with Crippen molar-refractivity contribution in [2.75, 3.05) is 30.4 Å². The van der Waals surface area contributed by atoms with E-state index in [1.54, 1.807) is 43.0 Å². The van der Waals surface area contributed by atoms with Crippen molar-refractivity contribution >= 4 is 35.2 Å². The molecule has 0 bridgehead atoms. The van der Waals surface area contributed by atoms with E-state index in [1.807, 2.05) is 0 Å². The van der Waals surface area contributed by atoms with Crippen LogP contribution in [0.15, 0.2) is 72.8 Å². The highest BCUT2D eigenvalue weighted by molar-refractivity contribution is 8.00. The van der Waals surface area contributed by atoms with E-state index >= 15 is 0 Å². The van der Waals surface area contributed by atoms with Crippen LogP contribution < -0.4 is 20.3 Å². The maximum Gasteiger partial charge on any atom is 0.258 e. The average molecular weight is 628 g/mol. The first-order valence-corrected chi connectivity index (χ1v) is 15.2. The predicted molar refractivity (Wildman–Crippen MR) is 163 cm³/mol. The number of aliphatic hydroxyl groups is 2. The Bertz CT molecular complexity index is 1420. The lowest BCUT2D eigenvalue weighted by molar-refractivity contribution is -0.131. The van der Waals surface area contributed by atoms with E-state index in [0.717, 1.165) is 5.56 Å². The van der Waals surface area contributed by atoms with Crippen molar-refractivity contribution in [1.82, 2.24) is 10.6 Å². The number of nitrogens with one attached hydrogen (secondary N) is 2. The molecule has 0 spiro atoms. The van der Waals surface area contributed by atoms with Crippen LogP contribution in [0.5, 0.6) is 5.75 Å². The molecule has 1 aliphatic heterocycles. The number of amides is 3. The van der Waals surface area contributed by atoms with Crippen molar-refractivity contribution < 1.29 is 38.1 Å². The van der Waals surface area contributed by atoms with Crippen LogP contribution in [-0.4, -0.2) is 64.7 Å². The fraction of sp³-hybridized carbons (Fsp3) is 0.344. The molecule has 0 saturated carbocycles. The van der Waals surface area contributed by atoms with Crippen LogP contribution in [0.1, 0.15) is 37.1 Å². The largest absolute Gasteiger partial charge is 0.484 e. The maximum atomic E-state index is 13.6. The Balaban J connectivity index is 1.43. The summed E-state index contributed by atoms with van der Waals surface area (Å²) >= 11 is 1.28. The summed E-state index contributed by atoms with van der Waals surface area (Å²) in [6.45, 7) is 3.12. The molecular weight excluding hydrogens is 592 g/mol. The number of rotatable bonds is 14. The molecule has 1 heterocycles. The molecule has 0 aromatic heterocycles. The molecule has 4 rings (SSSR count). The van der Waals surface area contributed by atoms with Gasteiger partial charge in [0.1, 0.15) is 28.7 Å². The molecule has 3 aromatic carbocycles. The number of nitrogens with zero attached hydrogens (tertiary/aromatic N) is 1. The second kappa shape index (κ2) is 15.1. The van der Waals surface area contributed by atoms with Gasteiger partial charge in [0.15, 0.2) is 6.61 Å². The molecule has 0 radical (unpaired) electrons. The number of carbonyl (C=O) groups excluding carboxylic acids is 3. The Labute approximate surface area is 258 Å². The zero-order valence-electron chi connectivity index (χ0n) is 24.3. The third-order valence-corrected chi connectivity index (χ3v) is 8.43. The molecule has 3 aromatic rings. The molecule has 1 fully saturated rings. The third kappa shape index (κ3) is 8.13. The Morgan fingerprint density at radius 1 is 0.977 bits per heavy atom. The zero-order valence-corrected chi connectivity index (χ0v) is 25.1. The van der Waals surface area contributed by atoms with Gasteiger partial charge in [0.25, 0.3) is 5.91 Å². The molecule has 1 aliphatic rings. The quantitative estimate of drug-likeness (QED) is 0.202. The highest BCUT2D eigenvalue weighted by atomic mass is 32.2. The van der Waals surface area contributed by atoms with Crippen LogP contribution in [0.4, 0.5) is 14.5 Å². The van der Waals surface area contributed by atoms with E-state index < -0.39 is 46.9 Å². The van der Waals surface area contributed by atoms with Gasteiger partial charge in [0.05, 0.1) is 18.8 Å². The SMILES string of the molecule is CC(C)[C@@H](NC(=O)COc1ccc([C@@H]2[C@@H](SCC(O)c3ccc(F)cc3)C(=O)N2c2ccc(F)cc2)cc1)C(=O)NCCO. The van der Waals surface area contributed by atoms with Crippen LogP contribution in [-0.2, 0) is 14.4 Å².